The van der Waals surface area contributed by atoms with Gasteiger partial charge in [0, 0.05) is 6.61 Å². The van der Waals surface area contributed by atoms with Crippen LogP contribution in [0.1, 0.15) is 17.3 Å². The Bertz CT molecular complexity index is 246. The lowest BCUT2D eigenvalue weighted by Gasteiger charge is -1.99. The van der Waals surface area contributed by atoms with Crippen LogP contribution in [0.5, 0.6) is 5.75 Å². The number of hydrogen-bond donors (Lipinski definition) is 1. The number of aldehydes is 1. The number of methoxy groups -OCH3 is 1. The number of aliphatic hydroxyl groups excluding tert-OH is 1. The minimum Gasteiger partial charge on any atom is -0.496 e. The minimum absolute atomic E-state index is 0.250. The van der Waals surface area contributed by atoms with Gasteiger partial charge in [0.05, 0.1) is 12.7 Å². The third-order valence-electron chi connectivity index (χ3n) is 1.27. The number of rotatable bonds is 2. The Hall–Kier alpha value is -1.35. The molecule has 1 rings (SSSR count). The summed E-state index contributed by atoms with van der Waals surface area (Å²) in [6.07, 6.45) is 0.777. The predicted molar refractivity (Wildman–Crippen MR) is 51.1 cm³/mol. The second-order valence-electron chi connectivity index (χ2n) is 2.18. The van der Waals surface area contributed by atoms with Crippen molar-refractivity contribution in [2.45, 2.75) is 6.92 Å². The van der Waals surface area contributed by atoms with Crippen molar-refractivity contribution in [3.8, 4) is 5.75 Å². The highest BCUT2D eigenvalue weighted by molar-refractivity contribution is 5.79. The highest BCUT2D eigenvalue weighted by Gasteiger charge is 1.96. The van der Waals surface area contributed by atoms with Crippen LogP contribution in [0.25, 0.3) is 0 Å². The van der Waals surface area contributed by atoms with E-state index in [1.54, 1.807) is 32.2 Å². The molecule has 1 aromatic carbocycles. The Morgan fingerprint density at radius 3 is 2.38 bits per heavy atom. The van der Waals surface area contributed by atoms with Gasteiger partial charge in [0.1, 0.15) is 5.75 Å². The maximum atomic E-state index is 10.3. The summed E-state index contributed by atoms with van der Waals surface area (Å²) < 4.78 is 4.90. The van der Waals surface area contributed by atoms with Gasteiger partial charge in [-0.05, 0) is 19.1 Å². The average Bonchev–Trinajstić information content (AvgIpc) is 2.19. The topological polar surface area (TPSA) is 46.5 Å². The Morgan fingerprint density at radius 1 is 1.46 bits per heavy atom. The first-order valence-electron chi connectivity index (χ1n) is 3.99. The quantitative estimate of drug-likeness (QED) is 0.705. The molecule has 0 saturated heterocycles. The Kier molecular flexibility index (Phi) is 6.55. The first-order chi connectivity index (χ1) is 6.29. The van der Waals surface area contributed by atoms with Crippen LogP contribution in [0.2, 0.25) is 0 Å². The molecule has 3 nitrogen and oxygen atoms in total. The van der Waals surface area contributed by atoms with Crippen molar-refractivity contribution in [2.75, 3.05) is 13.7 Å². The number of hydrogen-bond acceptors (Lipinski definition) is 3. The van der Waals surface area contributed by atoms with Gasteiger partial charge >= 0.3 is 0 Å². The van der Waals surface area contributed by atoms with Crippen LogP contribution >= 0.6 is 0 Å². The van der Waals surface area contributed by atoms with Crippen LogP contribution < -0.4 is 4.74 Å². The molecule has 0 atom stereocenters. The van der Waals surface area contributed by atoms with Crippen LogP contribution in [0.15, 0.2) is 24.3 Å². The van der Waals surface area contributed by atoms with Gasteiger partial charge in [-0.2, -0.15) is 0 Å². The van der Waals surface area contributed by atoms with Crippen LogP contribution in [0, 0.1) is 0 Å². The molecule has 1 N–H and O–H groups in total. The molecule has 3 heteroatoms. The zero-order valence-corrected chi connectivity index (χ0v) is 7.86. The van der Waals surface area contributed by atoms with E-state index in [1.807, 2.05) is 6.07 Å². The average molecular weight is 182 g/mol. The summed E-state index contributed by atoms with van der Waals surface area (Å²) >= 11 is 0. The Balaban J connectivity index is 0.000000424. The fourth-order valence-electron chi connectivity index (χ4n) is 0.764. The van der Waals surface area contributed by atoms with E-state index in [1.165, 1.54) is 0 Å². The minimum atomic E-state index is 0.250. The molecule has 0 fully saturated rings. The summed E-state index contributed by atoms with van der Waals surface area (Å²) in [6, 6.07) is 7.09. The van der Waals surface area contributed by atoms with Crippen molar-refractivity contribution in [3.63, 3.8) is 0 Å². The van der Waals surface area contributed by atoms with Crippen LogP contribution in [-0.4, -0.2) is 25.1 Å². The first kappa shape index (κ1) is 11.6. The molecule has 0 bridgehead atoms. The number of aliphatic hydroxyl groups is 1. The van der Waals surface area contributed by atoms with E-state index in [0.717, 1.165) is 6.29 Å². The van der Waals surface area contributed by atoms with Crippen molar-refractivity contribution in [3.05, 3.63) is 29.8 Å². The van der Waals surface area contributed by atoms with E-state index >= 15 is 0 Å². The van der Waals surface area contributed by atoms with Crippen molar-refractivity contribution in [2.24, 2.45) is 0 Å². The van der Waals surface area contributed by atoms with Crippen molar-refractivity contribution in [1.29, 1.82) is 0 Å². The third kappa shape index (κ3) is 4.28. The predicted octanol–water partition coefficient (Wildman–Crippen LogP) is 1.51. The molecule has 72 valence electrons. The molecule has 13 heavy (non-hydrogen) atoms. The summed E-state index contributed by atoms with van der Waals surface area (Å²) in [6.45, 7) is 1.93. The highest BCUT2D eigenvalue weighted by Crippen LogP contribution is 2.13. The normalized spacial score (nSPS) is 8.23. The van der Waals surface area contributed by atoms with Gasteiger partial charge in [0.2, 0.25) is 0 Å². The van der Waals surface area contributed by atoms with Crippen LogP contribution in [-0.2, 0) is 0 Å². The van der Waals surface area contributed by atoms with Gasteiger partial charge in [-0.15, -0.1) is 0 Å². The Morgan fingerprint density at radius 2 is 2.00 bits per heavy atom. The molecule has 0 aliphatic rings. The molecule has 0 aliphatic carbocycles. The Labute approximate surface area is 78.0 Å². The van der Waals surface area contributed by atoms with E-state index < -0.39 is 0 Å². The molecule has 0 amide bonds. The van der Waals surface area contributed by atoms with Gasteiger partial charge < -0.3 is 9.84 Å². The zero-order valence-electron chi connectivity index (χ0n) is 7.86. The number of ether oxygens (including phenoxy) is 1. The fraction of sp³-hybridized carbons (Fsp3) is 0.300. The fourth-order valence-corrected chi connectivity index (χ4v) is 0.764. The van der Waals surface area contributed by atoms with Gasteiger partial charge in [0.25, 0.3) is 0 Å². The SMILES string of the molecule is CCO.COc1ccccc1C=O. The smallest absolute Gasteiger partial charge is 0.153 e. The lowest BCUT2D eigenvalue weighted by molar-refractivity contribution is 0.112. The van der Waals surface area contributed by atoms with Gasteiger partial charge in [-0.1, -0.05) is 12.1 Å². The van der Waals surface area contributed by atoms with Crippen molar-refractivity contribution in [1.82, 2.24) is 0 Å². The second-order valence-corrected chi connectivity index (χ2v) is 2.18. The number of para-hydroxylation sites is 1. The largest absolute Gasteiger partial charge is 0.496 e. The van der Waals surface area contributed by atoms with Gasteiger partial charge in [-0.3, -0.25) is 4.79 Å². The van der Waals surface area contributed by atoms with Gasteiger partial charge in [0.15, 0.2) is 6.29 Å². The second kappa shape index (κ2) is 7.31. The number of benzene rings is 1. The summed E-state index contributed by atoms with van der Waals surface area (Å²) in [5.74, 6) is 0.623. The molecule has 0 heterocycles. The van der Waals surface area contributed by atoms with E-state index in [2.05, 4.69) is 0 Å². The molecule has 1 aromatic rings. The lowest BCUT2D eigenvalue weighted by atomic mass is 10.2. The van der Waals surface area contributed by atoms with E-state index in [9.17, 15) is 4.79 Å². The molecule has 0 saturated carbocycles. The first-order valence-corrected chi connectivity index (χ1v) is 3.99. The van der Waals surface area contributed by atoms with Crippen LogP contribution in [0.3, 0.4) is 0 Å². The van der Waals surface area contributed by atoms with E-state index in [0.29, 0.717) is 11.3 Å². The molecular weight excluding hydrogens is 168 g/mol. The summed E-state index contributed by atoms with van der Waals surface area (Å²) in [5.41, 5.74) is 0.588. The molecule has 0 aliphatic heterocycles. The summed E-state index contributed by atoms with van der Waals surface area (Å²) in [5, 5.41) is 7.57. The highest BCUT2D eigenvalue weighted by atomic mass is 16.5. The lowest BCUT2D eigenvalue weighted by Crippen LogP contribution is -1.88. The molecule has 0 spiro atoms. The standard InChI is InChI=1S/C8H8O2.C2H6O/c1-10-8-5-3-2-4-7(8)6-9;1-2-3/h2-6H,1H3;3H,2H2,1H3. The van der Waals surface area contributed by atoms with Gasteiger partial charge in [-0.25, -0.2) is 0 Å². The number of carbonyl (C=O) groups is 1. The van der Waals surface area contributed by atoms with Crippen molar-refractivity contribution < 1.29 is 14.6 Å². The molecule has 0 radical (unpaired) electrons. The van der Waals surface area contributed by atoms with E-state index in [-0.39, 0.29) is 6.61 Å². The molecule has 0 aromatic heterocycles. The monoisotopic (exact) mass is 182 g/mol. The molecular formula is C10H14O3. The zero-order chi connectivity index (χ0) is 10.1. The summed E-state index contributed by atoms with van der Waals surface area (Å²) in [4.78, 5) is 10.3. The molecule has 0 unspecified atom stereocenters. The maximum Gasteiger partial charge on any atom is 0.153 e. The van der Waals surface area contributed by atoms with E-state index in [4.69, 9.17) is 9.84 Å². The number of carbonyl (C=O) groups excluding carboxylic acids is 1. The van der Waals surface area contributed by atoms with Crippen LogP contribution in [0.4, 0.5) is 0 Å². The maximum absolute atomic E-state index is 10.3. The van der Waals surface area contributed by atoms with Crippen molar-refractivity contribution >= 4 is 6.29 Å². The third-order valence-corrected chi connectivity index (χ3v) is 1.27. The summed E-state index contributed by atoms with van der Waals surface area (Å²) in [7, 11) is 1.54.